The van der Waals surface area contributed by atoms with Crippen molar-refractivity contribution in [2.75, 3.05) is 11.9 Å². The minimum Gasteiger partial charge on any atom is -0.354 e. The zero-order valence-electron chi connectivity index (χ0n) is 11.6. The lowest BCUT2D eigenvalue weighted by atomic mass is 10.2. The molecular formula is C13H16N6O2. The molecule has 2 N–H and O–H groups in total. The van der Waals surface area contributed by atoms with Crippen LogP contribution in [0.1, 0.15) is 12.5 Å². The summed E-state index contributed by atoms with van der Waals surface area (Å²) in [6, 6.07) is 3.81. The van der Waals surface area contributed by atoms with E-state index in [1.807, 2.05) is 12.1 Å². The Balaban J connectivity index is 1.74. The first-order valence-electron chi connectivity index (χ1n) is 6.47. The van der Waals surface area contributed by atoms with Crippen LogP contribution in [0.5, 0.6) is 0 Å². The molecule has 0 aliphatic rings. The normalized spacial score (nSPS) is 10.1. The van der Waals surface area contributed by atoms with E-state index >= 15 is 0 Å². The van der Waals surface area contributed by atoms with Crippen LogP contribution >= 0.6 is 0 Å². The Morgan fingerprint density at radius 3 is 2.76 bits per heavy atom. The van der Waals surface area contributed by atoms with Gasteiger partial charge in [0.05, 0.1) is 6.20 Å². The van der Waals surface area contributed by atoms with Gasteiger partial charge < -0.3 is 10.6 Å². The Labute approximate surface area is 121 Å². The van der Waals surface area contributed by atoms with Crippen molar-refractivity contribution in [1.29, 1.82) is 0 Å². The molecule has 2 heterocycles. The molecule has 0 saturated carbocycles. The molecule has 2 aromatic rings. The molecular weight excluding hydrogens is 272 g/mol. The van der Waals surface area contributed by atoms with Crippen LogP contribution in [-0.4, -0.2) is 38.3 Å². The minimum atomic E-state index is -0.233. The van der Waals surface area contributed by atoms with Crippen LogP contribution in [0.4, 0.5) is 5.82 Å². The van der Waals surface area contributed by atoms with Crippen LogP contribution in [-0.2, 0) is 22.6 Å². The van der Waals surface area contributed by atoms with Gasteiger partial charge in [-0.15, -0.1) is 5.10 Å². The van der Waals surface area contributed by atoms with Crippen molar-refractivity contribution in [3.05, 3.63) is 36.3 Å². The van der Waals surface area contributed by atoms with Gasteiger partial charge in [0, 0.05) is 25.9 Å². The highest BCUT2D eigenvalue weighted by Crippen LogP contribution is 1.99. The maximum atomic E-state index is 11.7. The quantitative estimate of drug-likeness (QED) is 0.778. The number of hydrogen-bond donors (Lipinski definition) is 2. The number of rotatable bonds is 6. The number of amides is 2. The van der Waals surface area contributed by atoms with Crippen molar-refractivity contribution in [3.8, 4) is 0 Å². The van der Waals surface area contributed by atoms with Gasteiger partial charge in [0.25, 0.3) is 0 Å². The number of anilines is 1. The second-order valence-electron chi connectivity index (χ2n) is 4.44. The Morgan fingerprint density at radius 2 is 2.05 bits per heavy atom. The Hall–Kier alpha value is -2.77. The van der Waals surface area contributed by atoms with Crippen LogP contribution in [0.15, 0.2) is 30.7 Å². The Kier molecular flexibility index (Phi) is 4.97. The smallest absolute Gasteiger partial charge is 0.241 e. The molecule has 2 amide bonds. The van der Waals surface area contributed by atoms with Gasteiger partial charge in [-0.2, -0.15) is 0 Å². The van der Waals surface area contributed by atoms with E-state index in [0.717, 1.165) is 12.0 Å². The van der Waals surface area contributed by atoms with Crippen molar-refractivity contribution in [1.82, 2.24) is 25.3 Å². The molecule has 0 aromatic carbocycles. The van der Waals surface area contributed by atoms with Crippen molar-refractivity contribution in [2.45, 2.75) is 19.9 Å². The average molecular weight is 288 g/mol. The fourth-order valence-electron chi connectivity index (χ4n) is 1.71. The van der Waals surface area contributed by atoms with Crippen molar-refractivity contribution < 1.29 is 9.59 Å². The monoisotopic (exact) mass is 288 g/mol. The second kappa shape index (κ2) is 7.13. The molecule has 0 atom stereocenters. The van der Waals surface area contributed by atoms with Gasteiger partial charge in [-0.05, 0) is 24.1 Å². The first kappa shape index (κ1) is 14.6. The lowest BCUT2D eigenvalue weighted by molar-refractivity contribution is -0.121. The van der Waals surface area contributed by atoms with Gasteiger partial charge in [0.15, 0.2) is 5.82 Å². The van der Waals surface area contributed by atoms with E-state index in [1.54, 1.807) is 12.4 Å². The number of nitrogens with one attached hydrogen (secondary N) is 2. The number of pyridine rings is 1. The summed E-state index contributed by atoms with van der Waals surface area (Å²) < 4.78 is 1.37. The highest BCUT2D eigenvalue weighted by atomic mass is 16.2. The first-order valence-corrected chi connectivity index (χ1v) is 6.47. The Bertz CT molecular complexity index is 610. The van der Waals surface area contributed by atoms with Gasteiger partial charge in [-0.1, -0.05) is 5.21 Å². The number of aromatic nitrogens is 4. The van der Waals surface area contributed by atoms with Gasteiger partial charge in [0.1, 0.15) is 6.54 Å². The topological polar surface area (TPSA) is 102 Å². The number of carbonyl (C=O) groups is 2. The summed E-state index contributed by atoms with van der Waals surface area (Å²) in [5, 5.41) is 12.8. The van der Waals surface area contributed by atoms with E-state index in [1.165, 1.54) is 17.8 Å². The van der Waals surface area contributed by atoms with E-state index in [-0.39, 0.29) is 18.4 Å². The van der Waals surface area contributed by atoms with Crippen molar-refractivity contribution >= 4 is 17.6 Å². The molecule has 8 nitrogen and oxygen atoms in total. The third-order valence-corrected chi connectivity index (χ3v) is 2.63. The summed E-state index contributed by atoms with van der Waals surface area (Å²) in [7, 11) is 0. The van der Waals surface area contributed by atoms with Crippen LogP contribution in [0.2, 0.25) is 0 Å². The van der Waals surface area contributed by atoms with Crippen LogP contribution in [0.25, 0.3) is 0 Å². The summed E-state index contributed by atoms with van der Waals surface area (Å²) in [5.41, 5.74) is 1.11. The molecule has 2 aromatic heterocycles. The molecule has 0 spiro atoms. The maximum Gasteiger partial charge on any atom is 0.241 e. The fourth-order valence-corrected chi connectivity index (χ4v) is 1.71. The maximum absolute atomic E-state index is 11.7. The van der Waals surface area contributed by atoms with Crippen LogP contribution in [0.3, 0.4) is 0 Å². The van der Waals surface area contributed by atoms with E-state index in [4.69, 9.17) is 0 Å². The van der Waals surface area contributed by atoms with Crippen molar-refractivity contribution in [3.63, 3.8) is 0 Å². The molecule has 2 rings (SSSR count). The third-order valence-electron chi connectivity index (χ3n) is 2.63. The van der Waals surface area contributed by atoms with Gasteiger partial charge in [-0.25, -0.2) is 4.68 Å². The molecule has 110 valence electrons. The minimum absolute atomic E-state index is 0.0585. The SMILES string of the molecule is CC(=O)Nc1cn(CC(=O)NCCc2ccncc2)nn1. The molecule has 0 bridgehead atoms. The molecule has 0 unspecified atom stereocenters. The molecule has 0 radical (unpaired) electrons. The number of carbonyl (C=O) groups excluding carboxylic acids is 2. The van der Waals surface area contributed by atoms with E-state index < -0.39 is 0 Å². The van der Waals surface area contributed by atoms with E-state index in [2.05, 4.69) is 25.9 Å². The van der Waals surface area contributed by atoms with E-state index in [0.29, 0.717) is 12.4 Å². The zero-order valence-corrected chi connectivity index (χ0v) is 11.6. The highest BCUT2D eigenvalue weighted by Gasteiger charge is 2.06. The number of nitrogens with zero attached hydrogens (tertiary/aromatic N) is 4. The Morgan fingerprint density at radius 1 is 1.29 bits per heavy atom. The molecule has 0 aliphatic carbocycles. The predicted molar refractivity (Wildman–Crippen MR) is 75.3 cm³/mol. The summed E-state index contributed by atoms with van der Waals surface area (Å²) >= 11 is 0. The highest BCUT2D eigenvalue weighted by molar-refractivity contribution is 5.87. The lowest BCUT2D eigenvalue weighted by Crippen LogP contribution is -2.29. The molecule has 0 saturated heterocycles. The largest absolute Gasteiger partial charge is 0.354 e. The summed E-state index contributed by atoms with van der Waals surface area (Å²) in [6.45, 7) is 1.98. The van der Waals surface area contributed by atoms with Gasteiger partial charge in [0.2, 0.25) is 11.8 Å². The van der Waals surface area contributed by atoms with Crippen LogP contribution < -0.4 is 10.6 Å². The summed E-state index contributed by atoms with van der Waals surface area (Å²) in [4.78, 5) is 26.5. The average Bonchev–Trinajstić information content (AvgIpc) is 2.86. The second-order valence-corrected chi connectivity index (χ2v) is 4.44. The molecule has 0 fully saturated rings. The van der Waals surface area contributed by atoms with Gasteiger partial charge >= 0.3 is 0 Å². The number of hydrogen-bond acceptors (Lipinski definition) is 5. The predicted octanol–water partition coefficient (Wildman–Crippen LogP) is -0.00960. The molecule has 0 aliphatic heterocycles. The zero-order chi connectivity index (χ0) is 15.1. The lowest BCUT2D eigenvalue weighted by Gasteiger charge is -2.04. The fraction of sp³-hybridized carbons (Fsp3) is 0.308. The van der Waals surface area contributed by atoms with Gasteiger partial charge in [-0.3, -0.25) is 14.6 Å². The summed E-state index contributed by atoms with van der Waals surface area (Å²) in [6.07, 6.45) is 5.68. The van der Waals surface area contributed by atoms with Crippen molar-refractivity contribution in [2.24, 2.45) is 0 Å². The van der Waals surface area contributed by atoms with E-state index in [9.17, 15) is 9.59 Å². The molecule has 21 heavy (non-hydrogen) atoms. The first-order chi connectivity index (χ1) is 10.1. The van der Waals surface area contributed by atoms with Crippen LogP contribution in [0, 0.1) is 0 Å². The summed E-state index contributed by atoms with van der Waals surface area (Å²) in [5.74, 6) is -0.0701. The third kappa shape index (κ3) is 5.01. The standard InChI is InChI=1S/C13H16N6O2/c1-10(20)16-12-8-19(18-17-12)9-13(21)15-7-4-11-2-5-14-6-3-11/h2-3,5-6,8H,4,7,9H2,1H3,(H,15,21)(H,16,20). The molecule has 8 heteroatoms.